The topological polar surface area (TPSA) is 85.6 Å². The average Bonchev–Trinajstić information content (AvgIpc) is 2.54. The third kappa shape index (κ3) is 3.24. The first-order chi connectivity index (χ1) is 10.2. The van der Waals surface area contributed by atoms with Gasteiger partial charge in [-0.05, 0) is 24.3 Å². The fourth-order valence-corrected chi connectivity index (χ4v) is 1.92. The molecule has 6 heteroatoms. The predicted octanol–water partition coefficient (Wildman–Crippen LogP) is 2.24. The fraction of sp³-hybridized carbons (Fsp3) is 0.133. The summed E-state index contributed by atoms with van der Waals surface area (Å²) in [6, 6.07) is 12.1. The van der Waals surface area contributed by atoms with Gasteiger partial charge in [-0.2, -0.15) is 0 Å². The second-order valence-electron chi connectivity index (χ2n) is 4.21. The number of methoxy groups -OCH3 is 2. The number of hydrogen-bond acceptors (Lipinski definition) is 5. The smallest absolute Gasteiger partial charge is 0.257 e. The van der Waals surface area contributed by atoms with E-state index in [2.05, 4.69) is 10.7 Å². The van der Waals surface area contributed by atoms with E-state index in [-0.39, 0.29) is 5.91 Å². The number of nitrogens with two attached hydrogens (primary N) is 1. The molecule has 0 fully saturated rings. The van der Waals surface area contributed by atoms with Crippen LogP contribution in [-0.2, 0) is 0 Å². The minimum atomic E-state index is -0.268. The van der Waals surface area contributed by atoms with Crippen LogP contribution in [-0.4, -0.2) is 20.1 Å². The number of amides is 1. The number of benzene rings is 2. The molecule has 0 unspecified atom stereocenters. The zero-order valence-corrected chi connectivity index (χ0v) is 11.8. The molecule has 2 aromatic rings. The molecule has 0 heterocycles. The predicted molar refractivity (Wildman–Crippen MR) is 81.8 cm³/mol. The number of ether oxygens (including phenoxy) is 2. The summed E-state index contributed by atoms with van der Waals surface area (Å²) in [4.78, 5) is 12.3. The van der Waals surface area contributed by atoms with Crippen LogP contribution in [0, 0.1) is 0 Å². The summed E-state index contributed by atoms with van der Waals surface area (Å²) in [7, 11) is 3.09. The number of nitrogen functional groups attached to an aromatic ring is 1. The number of rotatable bonds is 5. The summed E-state index contributed by atoms with van der Waals surface area (Å²) >= 11 is 0. The first-order valence-corrected chi connectivity index (χ1v) is 6.28. The van der Waals surface area contributed by atoms with E-state index >= 15 is 0 Å². The van der Waals surface area contributed by atoms with E-state index in [1.54, 1.807) is 49.6 Å². The molecule has 0 atom stereocenters. The third-order valence-corrected chi connectivity index (χ3v) is 2.97. The van der Waals surface area contributed by atoms with Crippen LogP contribution >= 0.6 is 0 Å². The van der Waals surface area contributed by atoms with Gasteiger partial charge in [-0.25, -0.2) is 0 Å². The number of hydrogen-bond donors (Lipinski definition) is 3. The Bertz CT molecular complexity index is 644. The molecular formula is C15H17N3O3. The zero-order valence-electron chi connectivity index (χ0n) is 11.8. The van der Waals surface area contributed by atoms with Crippen LogP contribution in [0.15, 0.2) is 42.5 Å². The van der Waals surface area contributed by atoms with Crippen LogP contribution in [0.2, 0.25) is 0 Å². The molecule has 4 N–H and O–H groups in total. The lowest BCUT2D eigenvalue weighted by atomic mass is 10.1. The fourth-order valence-electron chi connectivity index (χ4n) is 1.92. The van der Waals surface area contributed by atoms with E-state index in [1.807, 2.05) is 0 Å². The van der Waals surface area contributed by atoms with Gasteiger partial charge in [0.2, 0.25) is 0 Å². The maximum Gasteiger partial charge on any atom is 0.257 e. The molecule has 2 aromatic carbocycles. The lowest BCUT2D eigenvalue weighted by Crippen LogP contribution is -2.17. The molecule has 21 heavy (non-hydrogen) atoms. The van der Waals surface area contributed by atoms with E-state index in [0.717, 1.165) is 0 Å². The van der Waals surface area contributed by atoms with Gasteiger partial charge in [-0.15, -0.1) is 0 Å². The summed E-state index contributed by atoms with van der Waals surface area (Å²) in [5.74, 6) is 6.27. The van der Waals surface area contributed by atoms with Crippen molar-refractivity contribution in [3.63, 3.8) is 0 Å². The molecule has 0 bridgehead atoms. The van der Waals surface area contributed by atoms with Gasteiger partial charge >= 0.3 is 0 Å². The van der Waals surface area contributed by atoms with Gasteiger partial charge in [0.25, 0.3) is 5.91 Å². The third-order valence-electron chi connectivity index (χ3n) is 2.97. The highest BCUT2D eigenvalue weighted by atomic mass is 16.5. The Morgan fingerprint density at radius 1 is 1.05 bits per heavy atom. The molecule has 0 spiro atoms. The van der Waals surface area contributed by atoms with Gasteiger partial charge < -0.3 is 20.2 Å². The van der Waals surface area contributed by atoms with E-state index in [1.165, 1.54) is 7.11 Å². The Morgan fingerprint density at radius 2 is 1.76 bits per heavy atom. The minimum absolute atomic E-state index is 0.268. The van der Waals surface area contributed by atoms with Crippen molar-refractivity contribution in [3.05, 3.63) is 48.0 Å². The lowest BCUT2D eigenvalue weighted by molar-refractivity contribution is 0.102. The second kappa shape index (κ2) is 6.62. The number of para-hydroxylation sites is 1. The number of carbonyl (C=O) groups is 1. The standard InChI is InChI=1S/C15H17N3O3/c1-20-13-8-7-10(9-14(13)21-2)17-15(19)11-5-3-4-6-12(11)18-16/h3-9,18H,16H2,1-2H3,(H,17,19). The van der Waals surface area contributed by atoms with E-state index in [9.17, 15) is 4.79 Å². The summed E-state index contributed by atoms with van der Waals surface area (Å²) < 4.78 is 10.4. The Balaban J connectivity index is 2.23. The summed E-state index contributed by atoms with van der Waals surface area (Å²) in [6.07, 6.45) is 0. The maximum atomic E-state index is 12.3. The van der Waals surface area contributed by atoms with Crippen LogP contribution in [0.5, 0.6) is 11.5 Å². The molecule has 2 rings (SSSR count). The molecule has 6 nitrogen and oxygen atoms in total. The number of hydrazine groups is 1. The Labute approximate surface area is 122 Å². The van der Waals surface area contributed by atoms with Crippen LogP contribution in [0.3, 0.4) is 0 Å². The van der Waals surface area contributed by atoms with Crippen molar-refractivity contribution in [2.45, 2.75) is 0 Å². The molecule has 0 aliphatic rings. The first-order valence-electron chi connectivity index (χ1n) is 6.28. The molecule has 0 aliphatic carbocycles. The van der Waals surface area contributed by atoms with Crippen LogP contribution in [0.25, 0.3) is 0 Å². The highest BCUT2D eigenvalue weighted by molar-refractivity contribution is 6.08. The number of carbonyl (C=O) groups excluding carboxylic acids is 1. The van der Waals surface area contributed by atoms with Crippen molar-refractivity contribution in [1.82, 2.24) is 0 Å². The second-order valence-corrected chi connectivity index (χ2v) is 4.21. The summed E-state index contributed by atoms with van der Waals surface area (Å²) in [5, 5.41) is 2.79. The van der Waals surface area contributed by atoms with Crippen LogP contribution in [0.4, 0.5) is 11.4 Å². The molecule has 0 aliphatic heterocycles. The first kappa shape index (κ1) is 14.7. The van der Waals surface area contributed by atoms with Crippen molar-refractivity contribution in [2.24, 2.45) is 5.84 Å². The quantitative estimate of drug-likeness (QED) is 0.580. The lowest BCUT2D eigenvalue weighted by Gasteiger charge is -2.12. The number of nitrogens with one attached hydrogen (secondary N) is 2. The summed E-state index contributed by atoms with van der Waals surface area (Å²) in [5.41, 5.74) is 4.10. The van der Waals surface area contributed by atoms with Gasteiger partial charge in [0.15, 0.2) is 11.5 Å². The van der Waals surface area contributed by atoms with Crippen molar-refractivity contribution in [3.8, 4) is 11.5 Å². The maximum absolute atomic E-state index is 12.3. The van der Waals surface area contributed by atoms with Crippen molar-refractivity contribution < 1.29 is 14.3 Å². The Hall–Kier alpha value is -2.73. The molecule has 0 saturated heterocycles. The molecule has 0 saturated carbocycles. The Morgan fingerprint density at radius 3 is 2.43 bits per heavy atom. The van der Waals surface area contributed by atoms with Gasteiger partial charge in [-0.3, -0.25) is 10.6 Å². The highest BCUT2D eigenvalue weighted by Crippen LogP contribution is 2.30. The van der Waals surface area contributed by atoms with Gasteiger partial charge in [0.05, 0.1) is 25.5 Å². The van der Waals surface area contributed by atoms with Gasteiger partial charge in [0, 0.05) is 11.8 Å². The van der Waals surface area contributed by atoms with E-state index in [0.29, 0.717) is 28.4 Å². The SMILES string of the molecule is COc1ccc(NC(=O)c2ccccc2NN)cc1OC. The number of anilines is 2. The zero-order chi connectivity index (χ0) is 15.2. The summed E-state index contributed by atoms with van der Waals surface area (Å²) in [6.45, 7) is 0. The van der Waals surface area contributed by atoms with Crippen LogP contribution < -0.4 is 26.1 Å². The van der Waals surface area contributed by atoms with E-state index in [4.69, 9.17) is 15.3 Å². The molecular weight excluding hydrogens is 270 g/mol. The highest BCUT2D eigenvalue weighted by Gasteiger charge is 2.12. The largest absolute Gasteiger partial charge is 0.493 e. The van der Waals surface area contributed by atoms with Crippen molar-refractivity contribution in [2.75, 3.05) is 25.0 Å². The molecule has 110 valence electrons. The van der Waals surface area contributed by atoms with E-state index < -0.39 is 0 Å². The van der Waals surface area contributed by atoms with Gasteiger partial charge in [-0.1, -0.05) is 12.1 Å². The van der Waals surface area contributed by atoms with Crippen LogP contribution in [0.1, 0.15) is 10.4 Å². The molecule has 1 amide bonds. The molecule has 0 aromatic heterocycles. The van der Waals surface area contributed by atoms with Crippen molar-refractivity contribution >= 4 is 17.3 Å². The average molecular weight is 287 g/mol. The monoisotopic (exact) mass is 287 g/mol. The Kier molecular flexibility index (Phi) is 4.63. The van der Waals surface area contributed by atoms with Gasteiger partial charge in [0.1, 0.15) is 0 Å². The van der Waals surface area contributed by atoms with Crippen molar-refractivity contribution in [1.29, 1.82) is 0 Å². The normalized spacial score (nSPS) is 9.86. The molecule has 0 radical (unpaired) electrons. The minimum Gasteiger partial charge on any atom is -0.493 e.